The van der Waals surface area contributed by atoms with Gasteiger partial charge < -0.3 is 15.2 Å². The fourth-order valence-electron chi connectivity index (χ4n) is 1.41. The molecule has 1 aromatic rings. The lowest BCUT2D eigenvalue weighted by Gasteiger charge is -2.11. The number of rotatable bonds is 7. The average molecular weight is 227 g/mol. The summed E-state index contributed by atoms with van der Waals surface area (Å²) in [5, 5.41) is 0. The summed E-state index contributed by atoms with van der Waals surface area (Å²) in [6, 6.07) is 5.56. The lowest BCUT2D eigenvalue weighted by Crippen LogP contribution is -2.06. The molecule has 0 aromatic heterocycles. The third-order valence-electron chi connectivity index (χ3n) is 2.22. The van der Waals surface area contributed by atoms with Gasteiger partial charge in [-0.2, -0.15) is 0 Å². The Balaban J connectivity index is 2.72. The minimum Gasteiger partial charge on any atom is -0.497 e. The van der Waals surface area contributed by atoms with Crippen LogP contribution in [0, 0.1) is 0 Å². The zero-order chi connectivity index (χ0) is 11.8. The van der Waals surface area contributed by atoms with E-state index in [0.29, 0.717) is 19.6 Å². The van der Waals surface area contributed by atoms with E-state index in [1.54, 1.807) is 7.11 Å². The molecule has 0 saturated carbocycles. The maximum absolute atomic E-state index is 11.9. The second-order valence-corrected chi connectivity index (χ2v) is 3.40. The highest BCUT2D eigenvalue weighted by Gasteiger charge is 2.05. The lowest BCUT2D eigenvalue weighted by molar-refractivity contribution is 0.286. The summed E-state index contributed by atoms with van der Waals surface area (Å²) in [5.74, 6) is 1.54. The van der Waals surface area contributed by atoms with Gasteiger partial charge in [-0.15, -0.1) is 0 Å². The summed E-state index contributed by atoms with van der Waals surface area (Å²) in [6.07, 6.45) is 1.14. The van der Waals surface area contributed by atoms with Crippen LogP contribution in [-0.2, 0) is 6.42 Å². The highest BCUT2D eigenvalue weighted by atomic mass is 19.1. The molecule has 0 spiro atoms. The van der Waals surface area contributed by atoms with Gasteiger partial charge in [0.05, 0.1) is 20.4 Å². The predicted molar refractivity (Wildman–Crippen MR) is 61.8 cm³/mol. The Labute approximate surface area is 95.4 Å². The molecule has 90 valence electrons. The molecule has 0 unspecified atom stereocenters. The smallest absolute Gasteiger partial charge is 0.122 e. The van der Waals surface area contributed by atoms with Crippen LogP contribution in [0.15, 0.2) is 18.2 Å². The van der Waals surface area contributed by atoms with Crippen LogP contribution < -0.4 is 15.2 Å². The Morgan fingerprint density at radius 3 is 2.81 bits per heavy atom. The normalized spacial score (nSPS) is 10.2. The highest BCUT2D eigenvalue weighted by Crippen LogP contribution is 2.24. The number of nitrogens with two attached hydrogens (primary N) is 1. The number of halogens is 1. The summed E-state index contributed by atoms with van der Waals surface area (Å²) in [4.78, 5) is 0. The molecule has 0 aliphatic rings. The van der Waals surface area contributed by atoms with E-state index in [1.165, 1.54) is 0 Å². The monoisotopic (exact) mass is 227 g/mol. The molecule has 4 heteroatoms. The molecule has 2 N–H and O–H groups in total. The van der Waals surface area contributed by atoms with Crippen LogP contribution in [0.25, 0.3) is 0 Å². The van der Waals surface area contributed by atoms with Crippen LogP contribution >= 0.6 is 0 Å². The largest absolute Gasteiger partial charge is 0.497 e. The zero-order valence-corrected chi connectivity index (χ0v) is 9.54. The summed E-state index contributed by atoms with van der Waals surface area (Å²) in [5.41, 5.74) is 6.52. The van der Waals surface area contributed by atoms with Crippen molar-refractivity contribution >= 4 is 0 Å². The van der Waals surface area contributed by atoms with E-state index in [2.05, 4.69) is 0 Å². The Morgan fingerprint density at radius 1 is 1.38 bits per heavy atom. The molecule has 0 heterocycles. The number of ether oxygens (including phenoxy) is 2. The summed E-state index contributed by atoms with van der Waals surface area (Å²) in [7, 11) is 1.62. The van der Waals surface area contributed by atoms with Crippen molar-refractivity contribution in [2.75, 3.05) is 26.9 Å². The van der Waals surface area contributed by atoms with Crippen molar-refractivity contribution in [1.82, 2.24) is 0 Å². The minimum atomic E-state index is -0.359. The van der Waals surface area contributed by atoms with Gasteiger partial charge >= 0.3 is 0 Å². The second-order valence-electron chi connectivity index (χ2n) is 3.40. The molecule has 3 nitrogen and oxygen atoms in total. The summed E-state index contributed by atoms with van der Waals surface area (Å²) >= 11 is 0. The van der Waals surface area contributed by atoms with Crippen LogP contribution in [0.5, 0.6) is 11.5 Å². The van der Waals surface area contributed by atoms with Crippen LogP contribution in [0.2, 0.25) is 0 Å². The molecule has 0 aliphatic heterocycles. The molecule has 1 aromatic carbocycles. The van der Waals surface area contributed by atoms with E-state index >= 15 is 0 Å². The fraction of sp³-hybridized carbons (Fsp3) is 0.500. The van der Waals surface area contributed by atoms with Crippen molar-refractivity contribution in [2.24, 2.45) is 5.73 Å². The Kier molecular flexibility index (Phi) is 5.64. The highest BCUT2D eigenvalue weighted by molar-refractivity contribution is 5.40. The SMILES string of the molecule is COc1ccc(OCCCF)c(CCN)c1. The maximum Gasteiger partial charge on any atom is 0.122 e. The molecule has 0 fully saturated rings. The van der Waals surface area contributed by atoms with E-state index in [9.17, 15) is 4.39 Å². The van der Waals surface area contributed by atoms with Crippen molar-refractivity contribution in [2.45, 2.75) is 12.8 Å². The zero-order valence-electron chi connectivity index (χ0n) is 9.54. The van der Waals surface area contributed by atoms with Gasteiger partial charge in [-0.25, -0.2) is 0 Å². The summed E-state index contributed by atoms with van der Waals surface area (Å²) < 4.78 is 22.5. The Hall–Kier alpha value is -1.29. The van der Waals surface area contributed by atoms with Crippen LogP contribution in [0.3, 0.4) is 0 Å². The number of methoxy groups -OCH3 is 1. The topological polar surface area (TPSA) is 44.5 Å². The number of hydrogen-bond acceptors (Lipinski definition) is 3. The van der Waals surface area contributed by atoms with E-state index < -0.39 is 0 Å². The third kappa shape index (κ3) is 3.70. The third-order valence-corrected chi connectivity index (χ3v) is 2.22. The van der Waals surface area contributed by atoms with Gasteiger partial charge in [0, 0.05) is 6.42 Å². The van der Waals surface area contributed by atoms with Gasteiger partial charge in [-0.1, -0.05) is 0 Å². The molecular weight excluding hydrogens is 209 g/mol. The van der Waals surface area contributed by atoms with Crippen molar-refractivity contribution < 1.29 is 13.9 Å². The predicted octanol–water partition coefficient (Wildman–Crippen LogP) is 1.93. The van der Waals surface area contributed by atoms with E-state index in [1.807, 2.05) is 18.2 Å². The molecular formula is C12H18FNO2. The molecule has 0 bridgehead atoms. The minimum absolute atomic E-state index is 0.359. The van der Waals surface area contributed by atoms with Gasteiger partial charge in [0.2, 0.25) is 0 Å². The standard InChI is InChI=1S/C12H18FNO2/c1-15-11-3-4-12(16-8-2-6-13)10(9-11)5-7-14/h3-4,9H,2,5-8,14H2,1H3. The number of alkyl halides is 1. The first-order valence-electron chi connectivity index (χ1n) is 5.37. The fourth-order valence-corrected chi connectivity index (χ4v) is 1.41. The van der Waals surface area contributed by atoms with Crippen LogP contribution in [0.4, 0.5) is 4.39 Å². The van der Waals surface area contributed by atoms with Crippen molar-refractivity contribution in [3.63, 3.8) is 0 Å². The maximum atomic E-state index is 11.9. The van der Waals surface area contributed by atoms with Gasteiger partial charge in [0.1, 0.15) is 11.5 Å². The molecule has 0 atom stereocenters. The average Bonchev–Trinajstić information content (AvgIpc) is 2.31. The second kappa shape index (κ2) is 7.06. The molecule has 0 radical (unpaired) electrons. The molecule has 1 rings (SSSR count). The number of hydrogen-bond donors (Lipinski definition) is 1. The Morgan fingerprint density at radius 2 is 2.19 bits per heavy atom. The van der Waals surface area contributed by atoms with Crippen molar-refractivity contribution in [3.05, 3.63) is 23.8 Å². The van der Waals surface area contributed by atoms with Crippen LogP contribution in [0.1, 0.15) is 12.0 Å². The van der Waals surface area contributed by atoms with Gasteiger partial charge in [-0.3, -0.25) is 4.39 Å². The van der Waals surface area contributed by atoms with E-state index in [-0.39, 0.29) is 6.67 Å². The van der Waals surface area contributed by atoms with Crippen molar-refractivity contribution in [3.8, 4) is 11.5 Å². The van der Waals surface area contributed by atoms with Gasteiger partial charge in [0.25, 0.3) is 0 Å². The van der Waals surface area contributed by atoms with E-state index in [0.717, 1.165) is 23.5 Å². The van der Waals surface area contributed by atoms with Crippen LogP contribution in [-0.4, -0.2) is 26.9 Å². The lowest BCUT2D eigenvalue weighted by atomic mass is 10.1. The first kappa shape index (κ1) is 12.8. The summed E-state index contributed by atoms with van der Waals surface area (Å²) in [6.45, 7) is 0.579. The molecule has 16 heavy (non-hydrogen) atoms. The van der Waals surface area contributed by atoms with Gasteiger partial charge in [-0.05, 0) is 36.7 Å². The van der Waals surface area contributed by atoms with Crippen molar-refractivity contribution in [1.29, 1.82) is 0 Å². The van der Waals surface area contributed by atoms with E-state index in [4.69, 9.17) is 15.2 Å². The Bertz CT molecular complexity index is 318. The first-order valence-corrected chi connectivity index (χ1v) is 5.37. The number of benzene rings is 1. The first-order chi connectivity index (χ1) is 7.81. The van der Waals surface area contributed by atoms with Gasteiger partial charge in [0.15, 0.2) is 0 Å². The molecule has 0 aliphatic carbocycles. The molecule has 0 saturated heterocycles. The quantitative estimate of drug-likeness (QED) is 0.724. The molecule has 0 amide bonds.